The predicted molar refractivity (Wildman–Crippen MR) is 135 cm³/mol. The van der Waals surface area contributed by atoms with E-state index in [1.807, 2.05) is 79.7 Å². The van der Waals surface area contributed by atoms with Gasteiger partial charge in [0.25, 0.3) is 5.56 Å². The molecule has 0 amide bonds. The third-order valence-corrected chi connectivity index (χ3v) is 6.21. The first-order valence-electron chi connectivity index (χ1n) is 10.9. The maximum Gasteiger partial charge on any atom is 0.266 e. The SMILES string of the molecule is COc1ccc2c(c1)c(/C=C/c1nc3ccccc3c(=O)n1-c1cccc(C)c1)c(C)n2C. The van der Waals surface area contributed by atoms with Crippen LogP contribution in [0.25, 0.3) is 39.6 Å². The van der Waals surface area contributed by atoms with Crippen molar-refractivity contribution in [3.05, 3.63) is 99.7 Å². The van der Waals surface area contributed by atoms with Gasteiger partial charge in [-0.15, -0.1) is 0 Å². The molecule has 5 rings (SSSR count). The average molecular weight is 436 g/mol. The third kappa shape index (κ3) is 3.52. The predicted octanol–water partition coefficient (Wildman–Crippen LogP) is 5.67. The van der Waals surface area contributed by atoms with Gasteiger partial charge in [-0.1, -0.05) is 24.3 Å². The van der Waals surface area contributed by atoms with Crippen molar-refractivity contribution >= 4 is 34.0 Å². The first kappa shape index (κ1) is 20.8. The van der Waals surface area contributed by atoms with Crippen molar-refractivity contribution in [2.45, 2.75) is 13.8 Å². The first-order valence-corrected chi connectivity index (χ1v) is 10.9. The molecule has 0 aliphatic heterocycles. The van der Waals surface area contributed by atoms with E-state index >= 15 is 0 Å². The van der Waals surface area contributed by atoms with Crippen LogP contribution in [-0.2, 0) is 7.05 Å². The second-order valence-electron chi connectivity index (χ2n) is 8.24. The minimum Gasteiger partial charge on any atom is -0.497 e. The van der Waals surface area contributed by atoms with Crippen LogP contribution in [0.2, 0.25) is 0 Å². The Morgan fingerprint density at radius 3 is 2.52 bits per heavy atom. The van der Waals surface area contributed by atoms with E-state index in [4.69, 9.17) is 9.72 Å². The average Bonchev–Trinajstić information content (AvgIpc) is 3.06. The lowest BCUT2D eigenvalue weighted by molar-refractivity contribution is 0.415. The molecule has 5 nitrogen and oxygen atoms in total. The molecule has 5 aromatic rings. The molecule has 0 saturated carbocycles. The molecule has 0 aliphatic rings. The fraction of sp³-hybridized carbons (Fsp3) is 0.143. The molecule has 0 saturated heterocycles. The van der Waals surface area contributed by atoms with Gasteiger partial charge in [0.1, 0.15) is 11.6 Å². The molecule has 0 unspecified atom stereocenters. The second kappa shape index (κ2) is 8.10. The Kier molecular flexibility index (Phi) is 5.09. The standard InChI is InChI=1S/C28H25N3O2/c1-18-8-7-9-20(16-18)31-27(29-25-11-6-5-10-23(25)28(31)32)15-13-22-19(2)30(3)26-14-12-21(33-4)17-24(22)26/h5-17H,1-4H3/b15-13+. The van der Waals surface area contributed by atoms with E-state index in [0.29, 0.717) is 16.7 Å². The highest BCUT2D eigenvalue weighted by atomic mass is 16.5. The van der Waals surface area contributed by atoms with Crippen molar-refractivity contribution < 1.29 is 4.74 Å². The molecule has 0 spiro atoms. The summed E-state index contributed by atoms with van der Waals surface area (Å²) in [4.78, 5) is 18.4. The fourth-order valence-electron chi connectivity index (χ4n) is 4.35. The zero-order valence-corrected chi connectivity index (χ0v) is 19.2. The van der Waals surface area contributed by atoms with E-state index in [1.165, 1.54) is 0 Å². The zero-order valence-electron chi connectivity index (χ0n) is 19.2. The van der Waals surface area contributed by atoms with Crippen LogP contribution in [0.4, 0.5) is 0 Å². The summed E-state index contributed by atoms with van der Waals surface area (Å²) in [6.07, 6.45) is 3.97. The number of hydrogen-bond acceptors (Lipinski definition) is 3. The Morgan fingerprint density at radius 2 is 1.73 bits per heavy atom. The van der Waals surface area contributed by atoms with Gasteiger partial charge < -0.3 is 9.30 Å². The molecule has 164 valence electrons. The van der Waals surface area contributed by atoms with Crippen molar-refractivity contribution in [2.24, 2.45) is 7.05 Å². The Hall–Kier alpha value is -4.12. The largest absolute Gasteiger partial charge is 0.497 e. The Bertz CT molecular complexity index is 1610. The molecule has 0 aliphatic carbocycles. The summed E-state index contributed by atoms with van der Waals surface area (Å²) in [5.41, 5.74) is 5.80. The van der Waals surface area contributed by atoms with Crippen LogP contribution in [0, 0.1) is 13.8 Å². The number of aryl methyl sites for hydroxylation is 2. The lowest BCUT2D eigenvalue weighted by atomic mass is 10.1. The van der Waals surface area contributed by atoms with Crippen LogP contribution in [-0.4, -0.2) is 21.2 Å². The van der Waals surface area contributed by atoms with Crippen LogP contribution >= 0.6 is 0 Å². The number of rotatable bonds is 4. The van der Waals surface area contributed by atoms with E-state index in [1.54, 1.807) is 11.7 Å². The van der Waals surface area contributed by atoms with Crippen molar-refractivity contribution in [1.82, 2.24) is 14.1 Å². The highest BCUT2D eigenvalue weighted by Gasteiger charge is 2.14. The van der Waals surface area contributed by atoms with Gasteiger partial charge in [-0.25, -0.2) is 4.98 Å². The first-order chi connectivity index (χ1) is 16.0. The summed E-state index contributed by atoms with van der Waals surface area (Å²) in [6.45, 7) is 4.11. The van der Waals surface area contributed by atoms with Crippen LogP contribution < -0.4 is 10.3 Å². The number of aromatic nitrogens is 3. The van der Waals surface area contributed by atoms with Gasteiger partial charge in [0, 0.05) is 29.2 Å². The minimum atomic E-state index is -0.0813. The maximum atomic E-state index is 13.5. The Labute approximate surface area is 192 Å². The maximum absolute atomic E-state index is 13.5. The molecule has 0 fully saturated rings. The van der Waals surface area contributed by atoms with E-state index in [2.05, 4.69) is 24.6 Å². The Morgan fingerprint density at radius 1 is 0.909 bits per heavy atom. The molecule has 0 bridgehead atoms. The molecule has 2 aromatic heterocycles. The highest BCUT2D eigenvalue weighted by Crippen LogP contribution is 2.30. The summed E-state index contributed by atoms with van der Waals surface area (Å²) in [5, 5.41) is 1.69. The van der Waals surface area contributed by atoms with E-state index < -0.39 is 0 Å². The minimum absolute atomic E-state index is 0.0813. The van der Waals surface area contributed by atoms with Crippen molar-refractivity contribution in [3.63, 3.8) is 0 Å². The number of para-hydroxylation sites is 1. The molecule has 33 heavy (non-hydrogen) atoms. The second-order valence-corrected chi connectivity index (χ2v) is 8.24. The summed E-state index contributed by atoms with van der Waals surface area (Å²) in [5.74, 6) is 1.40. The molecule has 0 N–H and O–H groups in total. The number of hydrogen-bond donors (Lipinski definition) is 0. The van der Waals surface area contributed by atoms with Gasteiger partial charge in [0.2, 0.25) is 0 Å². The Balaban J connectivity index is 1.75. The van der Waals surface area contributed by atoms with Gasteiger partial charge in [0.15, 0.2) is 0 Å². The van der Waals surface area contributed by atoms with Gasteiger partial charge in [-0.2, -0.15) is 0 Å². The number of methoxy groups -OCH3 is 1. The van der Waals surface area contributed by atoms with Crippen LogP contribution in [0.3, 0.4) is 0 Å². The third-order valence-electron chi connectivity index (χ3n) is 6.21. The monoisotopic (exact) mass is 435 g/mol. The number of ether oxygens (including phenoxy) is 1. The van der Waals surface area contributed by atoms with Crippen LogP contribution in [0.1, 0.15) is 22.6 Å². The van der Waals surface area contributed by atoms with Gasteiger partial charge >= 0.3 is 0 Å². The number of nitrogens with zero attached hydrogens (tertiary/aromatic N) is 3. The quantitative estimate of drug-likeness (QED) is 0.365. The molecule has 0 atom stereocenters. The van der Waals surface area contributed by atoms with Gasteiger partial charge in [-0.3, -0.25) is 9.36 Å². The molecular formula is C28H25N3O2. The van der Waals surface area contributed by atoms with Gasteiger partial charge in [0.05, 0.1) is 23.7 Å². The summed E-state index contributed by atoms with van der Waals surface area (Å²) < 4.78 is 9.30. The summed E-state index contributed by atoms with van der Waals surface area (Å²) in [6, 6.07) is 21.5. The molecular weight excluding hydrogens is 410 g/mol. The fourth-order valence-corrected chi connectivity index (χ4v) is 4.35. The van der Waals surface area contributed by atoms with Crippen LogP contribution in [0.15, 0.2) is 71.5 Å². The molecule has 0 radical (unpaired) electrons. The van der Waals surface area contributed by atoms with Crippen molar-refractivity contribution in [2.75, 3.05) is 7.11 Å². The van der Waals surface area contributed by atoms with Crippen LogP contribution in [0.5, 0.6) is 5.75 Å². The van der Waals surface area contributed by atoms with Crippen molar-refractivity contribution in [1.29, 1.82) is 0 Å². The highest BCUT2D eigenvalue weighted by molar-refractivity contribution is 5.94. The number of benzene rings is 3. The topological polar surface area (TPSA) is 49.0 Å². The van der Waals surface area contributed by atoms with E-state index in [0.717, 1.165) is 39.2 Å². The normalized spacial score (nSPS) is 11.6. The molecule has 3 aromatic carbocycles. The van der Waals surface area contributed by atoms with Crippen molar-refractivity contribution in [3.8, 4) is 11.4 Å². The smallest absolute Gasteiger partial charge is 0.266 e. The zero-order chi connectivity index (χ0) is 23.1. The number of fused-ring (bicyclic) bond motifs is 2. The molecule has 5 heteroatoms. The summed E-state index contributed by atoms with van der Waals surface area (Å²) in [7, 11) is 3.73. The lowest BCUT2D eigenvalue weighted by Crippen LogP contribution is -2.22. The van der Waals surface area contributed by atoms with E-state index in [-0.39, 0.29) is 5.56 Å². The molecule has 2 heterocycles. The lowest BCUT2D eigenvalue weighted by Gasteiger charge is -2.12. The summed E-state index contributed by atoms with van der Waals surface area (Å²) >= 11 is 0. The van der Waals surface area contributed by atoms with Gasteiger partial charge in [-0.05, 0) is 74.0 Å². The van der Waals surface area contributed by atoms with E-state index in [9.17, 15) is 4.79 Å².